The lowest BCUT2D eigenvalue weighted by Gasteiger charge is -2.17. The number of imide groups is 1. The first kappa shape index (κ1) is 23.5. The number of amides is 3. The highest BCUT2D eigenvalue weighted by Gasteiger charge is 2.26. The van der Waals surface area contributed by atoms with E-state index in [0.29, 0.717) is 17.1 Å². The molecule has 2 N–H and O–H groups in total. The summed E-state index contributed by atoms with van der Waals surface area (Å²) < 4.78 is 1.64. The largest absolute Gasteiger partial charge is 0.338 e. The summed E-state index contributed by atoms with van der Waals surface area (Å²) in [6.45, 7) is 7.90. The monoisotopic (exact) mass is 484 g/mol. The first-order valence-corrected chi connectivity index (χ1v) is 12.9. The first-order chi connectivity index (χ1) is 15.8. The highest BCUT2D eigenvalue weighted by atomic mass is 32.2. The molecular weight excluding hydrogens is 456 g/mol. The second-order valence-corrected chi connectivity index (χ2v) is 10.7. The number of thioether (sulfide) groups is 1. The first-order valence-electron chi connectivity index (χ1n) is 11.2. The van der Waals surface area contributed by atoms with Gasteiger partial charge in [-0.05, 0) is 70.6 Å². The standard InChI is InChI=1S/C24H28N4O3S2/c1-5-25-23(31)26-20(29)15(4)32-24-27-21-19(16-8-6-7-9-18(16)33-21)22(30)28(24)17-11-10-13(2)12-14(17)3/h10-12,15H,5-9H2,1-4H3,(H2,25,26,29,31)/t15-/m1/s1. The van der Waals surface area contributed by atoms with Crippen molar-refractivity contribution >= 4 is 45.3 Å². The molecule has 0 aliphatic heterocycles. The van der Waals surface area contributed by atoms with Crippen LogP contribution in [0.4, 0.5) is 4.79 Å². The Morgan fingerprint density at radius 3 is 2.73 bits per heavy atom. The summed E-state index contributed by atoms with van der Waals surface area (Å²) in [5.74, 6) is -0.432. The van der Waals surface area contributed by atoms with Gasteiger partial charge in [0.2, 0.25) is 5.91 Å². The third-order valence-corrected chi connectivity index (χ3v) is 8.01. The summed E-state index contributed by atoms with van der Waals surface area (Å²) in [4.78, 5) is 45.1. The lowest BCUT2D eigenvalue weighted by Crippen LogP contribution is -2.42. The van der Waals surface area contributed by atoms with Crippen LogP contribution in [0.25, 0.3) is 15.9 Å². The van der Waals surface area contributed by atoms with Crippen molar-refractivity contribution in [1.29, 1.82) is 0 Å². The van der Waals surface area contributed by atoms with Crippen molar-refractivity contribution in [3.63, 3.8) is 0 Å². The summed E-state index contributed by atoms with van der Waals surface area (Å²) in [7, 11) is 0. The average Bonchev–Trinajstić information content (AvgIpc) is 3.13. The molecule has 1 aliphatic carbocycles. The molecule has 7 nitrogen and oxygen atoms in total. The molecule has 1 aliphatic rings. The Morgan fingerprint density at radius 2 is 2.00 bits per heavy atom. The molecule has 0 fully saturated rings. The minimum Gasteiger partial charge on any atom is -0.338 e. The Labute approximate surface area is 201 Å². The number of aromatic nitrogens is 2. The number of nitrogens with one attached hydrogen (secondary N) is 2. The molecular formula is C24H28N4O3S2. The van der Waals surface area contributed by atoms with Crippen molar-refractivity contribution in [2.24, 2.45) is 0 Å². The molecule has 174 valence electrons. The van der Waals surface area contributed by atoms with Crippen LogP contribution in [0.15, 0.2) is 28.2 Å². The third kappa shape index (κ3) is 4.70. The molecule has 0 bridgehead atoms. The molecule has 3 aromatic rings. The molecule has 1 aromatic carbocycles. The smallest absolute Gasteiger partial charge is 0.321 e. The number of hydrogen-bond acceptors (Lipinski definition) is 6. The number of nitrogens with zero attached hydrogens (tertiary/aromatic N) is 2. The van der Waals surface area contributed by atoms with E-state index in [1.165, 1.54) is 16.6 Å². The van der Waals surface area contributed by atoms with E-state index in [9.17, 15) is 14.4 Å². The van der Waals surface area contributed by atoms with Gasteiger partial charge in [0.1, 0.15) is 4.83 Å². The Bertz CT molecular complexity index is 1300. The van der Waals surface area contributed by atoms with Crippen molar-refractivity contribution in [2.75, 3.05) is 6.54 Å². The molecule has 2 aromatic heterocycles. The predicted octanol–water partition coefficient (Wildman–Crippen LogP) is 4.27. The van der Waals surface area contributed by atoms with Gasteiger partial charge < -0.3 is 5.32 Å². The van der Waals surface area contributed by atoms with Gasteiger partial charge in [0.25, 0.3) is 5.56 Å². The number of hydrogen-bond donors (Lipinski definition) is 2. The van der Waals surface area contributed by atoms with Gasteiger partial charge in [-0.3, -0.25) is 19.5 Å². The lowest BCUT2D eigenvalue weighted by atomic mass is 9.97. The van der Waals surface area contributed by atoms with E-state index in [0.717, 1.165) is 52.9 Å². The van der Waals surface area contributed by atoms with E-state index in [-0.39, 0.29) is 5.56 Å². The van der Waals surface area contributed by atoms with E-state index >= 15 is 0 Å². The zero-order chi connectivity index (χ0) is 23.7. The highest BCUT2D eigenvalue weighted by molar-refractivity contribution is 8.00. The minimum atomic E-state index is -0.622. The third-order valence-electron chi connectivity index (χ3n) is 5.78. The van der Waals surface area contributed by atoms with Crippen LogP contribution in [0.3, 0.4) is 0 Å². The van der Waals surface area contributed by atoms with Gasteiger partial charge >= 0.3 is 6.03 Å². The van der Waals surface area contributed by atoms with Crippen molar-refractivity contribution < 1.29 is 9.59 Å². The van der Waals surface area contributed by atoms with E-state index in [4.69, 9.17) is 4.98 Å². The van der Waals surface area contributed by atoms with Gasteiger partial charge in [0, 0.05) is 11.4 Å². The van der Waals surface area contributed by atoms with Crippen molar-refractivity contribution in [1.82, 2.24) is 20.2 Å². The quantitative estimate of drug-likeness (QED) is 0.417. The van der Waals surface area contributed by atoms with Crippen LogP contribution in [0.5, 0.6) is 0 Å². The minimum absolute atomic E-state index is 0.0924. The van der Waals surface area contributed by atoms with Crippen molar-refractivity contribution in [3.05, 3.63) is 50.1 Å². The van der Waals surface area contributed by atoms with E-state index in [1.807, 2.05) is 32.0 Å². The molecule has 1 atom stereocenters. The fraction of sp³-hybridized carbons (Fsp3) is 0.417. The van der Waals surface area contributed by atoms with Gasteiger partial charge in [0.05, 0.1) is 16.3 Å². The Morgan fingerprint density at radius 1 is 1.24 bits per heavy atom. The Kier molecular flexibility index (Phi) is 6.90. The highest BCUT2D eigenvalue weighted by Crippen LogP contribution is 2.36. The van der Waals surface area contributed by atoms with Crippen LogP contribution in [-0.2, 0) is 17.6 Å². The normalized spacial score (nSPS) is 14.1. The van der Waals surface area contributed by atoms with E-state index < -0.39 is 17.2 Å². The van der Waals surface area contributed by atoms with Gasteiger partial charge in [-0.2, -0.15) is 0 Å². The summed E-state index contributed by atoms with van der Waals surface area (Å²) in [5.41, 5.74) is 3.87. The fourth-order valence-electron chi connectivity index (χ4n) is 4.16. The van der Waals surface area contributed by atoms with Crippen LogP contribution in [0.2, 0.25) is 0 Å². The second-order valence-electron chi connectivity index (χ2n) is 8.32. The number of fused-ring (bicyclic) bond motifs is 3. The summed E-state index contributed by atoms with van der Waals surface area (Å²) in [6.07, 6.45) is 4.09. The number of carbonyl (C=O) groups excluding carboxylic acids is 2. The zero-order valence-electron chi connectivity index (χ0n) is 19.3. The maximum absolute atomic E-state index is 13.9. The Balaban J connectivity index is 1.83. The SMILES string of the molecule is CCNC(=O)NC(=O)[C@@H](C)Sc1nc2sc3c(c2c(=O)n1-c1ccc(C)cc1C)CCCC3. The molecule has 9 heteroatoms. The summed E-state index contributed by atoms with van der Waals surface area (Å²) in [5, 5.41) is 5.45. The fourth-order valence-corrected chi connectivity index (χ4v) is 6.39. The van der Waals surface area contributed by atoms with Gasteiger partial charge in [-0.15, -0.1) is 11.3 Å². The second kappa shape index (κ2) is 9.69. The van der Waals surface area contributed by atoms with Gasteiger partial charge in [0.15, 0.2) is 5.16 Å². The maximum atomic E-state index is 13.9. The van der Waals surface area contributed by atoms with Crippen LogP contribution in [0.1, 0.15) is 48.3 Å². The number of carbonyl (C=O) groups is 2. The number of thiophene rings is 1. The molecule has 0 saturated carbocycles. The molecule has 33 heavy (non-hydrogen) atoms. The zero-order valence-corrected chi connectivity index (χ0v) is 20.9. The summed E-state index contributed by atoms with van der Waals surface area (Å²) in [6, 6.07) is 5.41. The summed E-state index contributed by atoms with van der Waals surface area (Å²) >= 11 is 2.78. The molecule has 3 amide bonds. The molecule has 4 rings (SSSR count). The van der Waals surface area contributed by atoms with Crippen LogP contribution in [0, 0.1) is 13.8 Å². The average molecular weight is 485 g/mol. The van der Waals surface area contributed by atoms with Crippen molar-refractivity contribution in [2.45, 2.75) is 63.8 Å². The van der Waals surface area contributed by atoms with Gasteiger partial charge in [-0.25, -0.2) is 9.78 Å². The van der Waals surface area contributed by atoms with Crippen LogP contribution < -0.4 is 16.2 Å². The molecule has 0 spiro atoms. The number of rotatable bonds is 5. The number of urea groups is 1. The van der Waals surface area contributed by atoms with Crippen LogP contribution in [-0.4, -0.2) is 33.3 Å². The van der Waals surface area contributed by atoms with Crippen molar-refractivity contribution in [3.8, 4) is 5.69 Å². The van der Waals surface area contributed by atoms with E-state index in [2.05, 4.69) is 10.6 Å². The molecule has 2 heterocycles. The number of benzene rings is 1. The topological polar surface area (TPSA) is 93.1 Å². The van der Waals surface area contributed by atoms with E-state index in [1.54, 1.807) is 29.8 Å². The van der Waals surface area contributed by atoms with Crippen LogP contribution >= 0.6 is 23.1 Å². The predicted molar refractivity (Wildman–Crippen MR) is 134 cm³/mol. The Hall–Kier alpha value is -2.65. The molecule has 0 unspecified atom stereocenters. The lowest BCUT2D eigenvalue weighted by molar-refractivity contribution is -0.119. The number of aryl methyl sites for hydroxylation is 4. The maximum Gasteiger partial charge on any atom is 0.321 e. The molecule has 0 radical (unpaired) electrons. The molecule has 0 saturated heterocycles. The van der Waals surface area contributed by atoms with Gasteiger partial charge in [-0.1, -0.05) is 29.5 Å².